The Balaban J connectivity index is 1.87. The molecule has 0 fully saturated rings. The second-order valence-electron chi connectivity index (χ2n) is 3.71. The summed E-state index contributed by atoms with van der Waals surface area (Å²) < 4.78 is 4.87. The van der Waals surface area contributed by atoms with Crippen molar-refractivity contribution < 1.29 is 3.07 Å². The Hall–Kier alpha value is -2.03. The van der Waals surface area contributed by atoms with Gasteiger partial charge in [0.05, 0.1) is 23.6 Å². The molecule has 0 spiro atoms. The van der Waals surface area contributed by atoms with Crippen molar-refractivity contribution in [2.45, 2.75) is 0 Å². The van der Waals surface area contributed by atoms with E-state index in [9.17, 15) is 0 Å². The summed E-state index contributed by atoms with van der Waals surface area (Å²) in [4.78, 5) is 16.6. The van der Waals surface area contributed by atoms with E-state index in [0.29, 0.717) is 17.6 Å². The Morgan fingerprint density at radius 3 is 2.58 bits per heavy atom. The third-order valence-electron chi connectivity index (χ3n) is 2.44. The van der Waals surface area contributed by atoms with Crippen molar-refractivity contribution >= 4 is 45.5 Å². The van der Waals surface area contributed by atoms with E-state index in [1.54, 1.807) is 41.6 Å². The molecule has 7 heteroatoms. The zero-order chi connectivity index (χ0) is 13.1. The predicted molar refractivity (Wildman–Crippen MR) is 79.5 cm³/mol. The maximum atomic E-state index is 4.87. The first kappa shape index (κ1) is 12.0. The van der Waals surface area contributed by atoms with Crippen LogP contribution in [0.1, 0.15) is 0 Å². The molecule has 0 saturated heterocycles. The lowest BCUT2D eigenvalue weighted by atomic mass is 10.2. The third-order valence-corrected chi connectivity index (χ3v) is 2.84. The van der Waals surface area contributed by atoms with Crippen LogP contribution in [0.15, 0.2) is 42.9 Å². The number of fused-ring (bicyclic) bond motifs is 1. The van der Waals surface area contributed by atoms with Gasteiger partial charge in [0.25, 0.3) is 0 Å². The maximum Gasteiger partial charge on any atom is 0.326 e. The summed E-state index contributed by atoms with van der Waals surface area (Å²) in [6.07, 6.45) is 4.99. The Kier molecular flexibility index (Phi) is 3.36. The van der Waals surface area contributed by atoms with Crippen LogP contribution in [-0.2, 0) is 0 Å². The van der Waals surface area contributed by atoms with E-state index in [2.05, 4.69) is 25.3 Å². The van der Waals surface area contributed by atoms with Crippen molar-refractivity contribution in [2.24, 2.45) is 0 Å². The van der Waals surface area contributed by atoms with Crippen LogP contribution in [0.4, 0.5) is 11.6 Å². The lowest BCUT2D eigenvalue weighted by Crippen LogP contribution is -1.98. The van der Waals surface area contributed by atoms with Crippen LogP contribution in [0, 0.1) is 0 Å². The van der Waals surface area contributed by atoms with Crippen molar-refractivity contribution in [1.82, 2.24) is 19.9 Å². The number of anilines is 2. The number of hydrogen-bond acceptors (Lipinski definition) is 6. The highest BCUT2D eigenvalue weighted by atomic mass is 127. The maximum absolute atomic E-state index is 4.87. The van der Waals surface area contributed by atoms with Gasteiger partial charge in [-0.1, -0.05) is 18.2 Å². The molecule has 1 N–H and O–H groups in total. The van der Waals surface area contributed by atoms with Gasteiger partial charge in [0, 0.05) is 11.6 Å². The van der Waals surface area contributed by atoms with Gasteiger partial charge < -0.3 is 8.38 Å². The molecule has 0 atom stereocenters. The van der Waals surface area contributed by atoms with Gasteiger partial charge in [0.15, 0.2) is 23.0 Å². The Morgan fingerprint density at radius 2 is 1.79 bits per heavy atom. The van der Waals surface area contributed by atoms with Crippen LogP contribution < -0.4 is 8.38 Å². The van der Waals surface area contributed by atoms with Gasteiger partial charge in [0.1, 0.15) is 0 Å². The summed E-state index contributed by atoms with van der Waals surface area (Å²) >= 11 is 1.73. The van der Waals surface area contributed by atoms with E-state index >= 15 is 0 Å². The van der Waals surface area contributed by atoms with Crippen LogP contribution in [0.2, 0.25) is 0 Å². The molecule has 3 rings (SSSR count). The number of hydrogen-bond donors (Lipinski definition) is 1. The zero-order valence-corrected chi connectivity index (χ0v) is 11.8. The van der Waals surface area contributed by atoms with E-state index < -0.39 is 0 Å². The molecule has 2 heterocycles. The van der Waals surface area contributed by atoms with E-state index in [1.807, 2.05) is 24.3 Å². The first-order valence-electron chi connectivity index (χ1n) is 5.44. The van der Waals surface area contributed by atoms with Crippen LogP contribution >= 0.6 is 23.0 Å². The highest BCUT2D eigenvalue weighted by molar-refractivity contribution is 14.1. The van der Waals surface area contributed by atoms with E-state index in [4.69, 9.17) is 3.07 Å². The lowest BCUT2D eigenvalue weighted by molar-refractivity contribution is 0.644. The summed E-state index contributed by atoms with van der Waals surface area (Å²) in [6.45, 7) is 0. The molecule has 0 unspecified atom stereocenters. The molecule has 0 saturated carbocycles. The monoisotopic (exact) mass is 365 g/mol. The minimum atomic E-state index is 0.311. The zero-order valence-electron chi connectivity index (χ0n) is 9.62. The fourth-order valence-electron chi connectivity index (χ4n) is 1.58. The molecule has 0 aliphatic rings. The van der Waals surface area contributed by atoms with Gasteiger partial charge in [-0.05, 0) is 6.07 Å². The fraction of sp³-hybridized carbons (Fsp3) is 0. The summed E-state index contributed by atoms with van der Waals surface area (Å²) in [5.41, 5.74) is 1.58. The van der Waals surface area contributed by atoms with E-state index in [1.165, 1.54) is 0 Å². The minimum absolute atomic E-state index is 0.311. The van der Waals surface area contributed by atoms with Crippen molar-refractivity contribution in [3.8, 4) is 6.01 Å². The quantitative estimate of drug-likeness (QED) is 0.720. The topological polar surface area (TPSA) is 72.8 Å². The summed E-state index contributed by atoms with van der Waals surface area (Å²) in [5, 5.41) is 4.04. The first-order valence-corrected chi connectivity index (χ1v) is 6.33. The number of nitrogens with zero attached hydrogens (tertiary/aromatic N) is 4. The fourth-order valence-corrected chi connectivity index (χ4v) is 1.81. The molecule has 0 aliphatic carbocycles. The van der Waals surface area contributed by atoms with Crippen LogP contribution in [0.5, 0.6) is 6.01 Å². The molecule has 1 aromatic carbocycles. The molecule has 2 aromatic heterocycles. The number of benzene rings is 1. The van der Waals surface area contributed by atoms with Crippen LogP contribution in [-0.4, -0.2) is 19.9 Å². The first-order chi connectivity index (χ1) is 9.35. The van der Waals surface area contributed by atoms with E-state index in [-0.39, 0.29) is 0 Å². The normalized spacial score (nSPS) is 10.4. The molecule has 3 aromatic rings. The standard InChI is InChI=1S/C12H8IN5O/c13-19-12-15-6-9(7-16-12)17-11-14-5-8-3-1-2-4-10(8)18-11/h1-7H,(H,14,17,18). The van der Waals surface area contributed by atoms with Gasteiger partial charge >= 0.3 is 6.01 Å². The molecule has 0 radical (unpaired) electrons. The smallest absolute Gasteiger partial charge is 0.326 e. The summed E-state index contributed by atoms with van der Waals surface area (Å²) in [5.74, 6) is 0.505. The average molecular weight is 365 g/mol. The molecule has 0 amide bonds. The van der Waals surface area contributed by atoms with Crippen molar-refractivity contribution in [3.63, 3.8) is 0 Å². The van der Waals surface area contributed by atoms with Crippen molar-refractivity contribution in [3.05, 3.63) is 42.9 Å². The SMILES string of the molecule is IOc1ncc(Nc2ncc3ccccc3n2)cn1. The number of aromatic nitrogens is 4. The number of halogens is 1. The third kappa shape index (κ3) is 2.70. The minimum Gasteiger partial charge on any atom is -0.392 e. The average Bonchev–Trinajstić information content (AvgIpc) is 2.48. The number of para-hydroxylation sites is 1. The Morgan fingerprint density at radius 1 is 1.00 bits per heavy atom. The Bertz CT molecular complexity index is 704. The van der Waals surface area contributed by atoms with Crippen molar-refractivity contribution in [1.29, 1.82) is 0 Å². The molecule has 6 nitrogen and oxygen atoms in total. The predicted octanol–water partition coefficient (Wildman–Crippen LogP) is 2.89. The highest BCUT2D eigenvalue weighted by Crippen LogP contribution is 2.16. The molecular formula is C12H8IN5O. The van der Waals surface area contributed by atoms with E-state index in [0.717, 1.165) is 10.9 Å². The number of nitrogens with one attached hydrogen (secondary N) is 1. The molecule has 0 bridgehead atoms. The molecule has 19 heavy (non-hydrogen) atoms. The Labute approximate surface area is 123 Å². The van der Waals surface area contributed by atoms with Crippen molar-refractivity contribution in [2.75, 3.05) is 5.32 Å². The highest BCUT2D eigenvalue weighted by Gasteiger charge is 2.02. The lowest BCUT2D eigenvalue weighted by Gasteiger charge is -2.04. The molecule has 94 valence electrons. The van der Waals surface area contributed by atoms with Gasteiger partial charge in [-0.2, -0.15) is 0 Å². The largest absolute Gasteiger partial charge is 0.392 e. The second kappa shape index (κ2) is 5.31. The summed E-state index contributed by atoms with van der Waals surface area (Å²) in [7, 11) is 0. The second-order valence-corrected chi connectivity index (χ2v) is 4.15. The van der Waals surface area contributed by atoms with Crippen LogP contribution in [0.25, 0.3) is 10.9 Å². The molecular weight excluding hydrogens is 357 g/mol. The molecule has 0 aliphatic heterocycles. The summed E-state index contributed by atoms with van der Waals surface area (Å²) in [6, 6.07) is 8.11. The van der Waals surface area contributed by atoms with Gasteiger partial charge in [-0.25, -0.2) is 19.9 Å². The number of rotatable bonds is 3. The van der Waals surface area contributed by atoms with Gasteiger partial charge in [0.2, 0.25) is 5.95 Å². The van der Waals surface area contributed by atoms with Gasteiger partial charge in [-0.15, -0.1) is 0 Å². The van der Waals surface area contributed by atoms with Crippen LogP contribution in [0.3, 0.4) is 0 Å². The van der Waals surface area contributed by atoms with Gasteiger partial charge in [-0.3, -0.25) is 0 Å².